The first-order chi connectivity index (χ1) is 11.9. The highest BCUT2D eigenvalue weighted by Gasteiger charge is 2.36. The lowest BCUT2D eigenvalue weighted by molar-refractivity contribution is -0.119. The first kappa shape index (κ1) is 16.7. The number of aromatic nitrogens is 1. The molecule has 8 heteroatoms. The van der Waals surface area contributed by atoms with Crippen molar-refractivity contribution >= 4 is 32.4 Å². The maximum absolute atomic E-state index is 12.6. The molecule has 0 radical (unpaired) electrons. The summed E-state index contributed by atoms with van der Waals surface area (Å²) in [6, 6.07) is 7.55. The summed E-state index contributed by atoms with van der Waals surface area (Å²) in [5.74, 6) is -0.290. The average Bonchev–Trinajstić information content (AvgIpc) is 3.21. The van der Waals surface area contributed by atoms with Crippen LogP contribution in [0.5, 0.6) is 0 Å². The molecule has 2 aromatic rings. The van der Waals surface area contributed by atoms with Gasteiger partial charge < -0.3 is 5.32 Å². The van der Waals surface area contributed by atoms with Gasteiger partial charge in [0, 0.05) is 17.0 Å². The van der Waals surface area contributed by atoms with Crippen LogP contribution in [0.25, 0.3) is 11.3 Å². The second kappa shape index (κ2) is 6.19. The number of aryl methyl sites for hydroxylation is 2. The quantitative estimate of drug-likeness (QED) is 0.890. The summed E-state index contributed by atoms with van der Waals surface area (Å²) in [4.78, 5) is 18.4. The Morgan fingerprint density at radius 2 is 2.12 bits per heavy atom. The van der Waals surface area contributed by atoms with Crippen LogP contribution < -0.4 is 5.32 Å². The molecule has 25 heavy (non-hydrogen) atoms. The van der Waals surface area contributed by atoms with Crippen LogP contribution in [0.15, 0.2) is 24.3 Å². The maximum Gasteiger partial charge on any atom is 0.244 e. The van der Waals surface area contributed by atoms with Crippen LogP contribution >= 0.6 is 11.3 Å². The van der Waals surface area contributed by atoms with Crippen LogP contribution in [-0.2, 0) is 27.7 Å². The molecule has 1 amide bonds. The number of nitrogens with one attached hydrogen (secondary N) is 1. The van der Waals surface area contributed by atoms with Gasteiger partial charge in [-0.2, -0.15) is 4.31 Å². The molecule has 1 atom stereocenters. The second-order valence-electron chi connectivity index (χ2n) is 6.47. The first-order valence-electron chi connectivity index (χ1n) is 8.29. The summed E-state index contributed by atoms with van der Waals surface area (Å²) in [6.07, 6.45) is 4.29. The molecule has 1 N–H and O–H groups in total. The van der Waals surface area contributed by atoms with Crippen molar-refractivity contribution in [2.24, 2.45) is 0 Å². The van der Waals surface area contributed by atoms with Gasteiger partial charge in [0.25, 0.3) is 0 Å². The van der Waals surface area contributed by atoms with Crippen LogP contribution in [0, 0.1) is 0 Å². The minimum absolute atomic E-state index is 0.290. The average molecular weight is 377 g/mol. The Bertz CT molecular complexity index is 936. The minimum Gasteiger partial charge on any atom is -0.301 e. The lowest BCUT2D eigenvalue weighted by Gasteiger charge is -2.20. The summed E-state index contributed by atoms with van der Waals surface area (Å²) < 4.78 is 24.9. The Kier molecular flexibility index (Phi) is 4.13. The fourth-order valence-electron chi connectivity index (χ4n) is 3.59. The minimum atomic E-state index is -3.38. The van der Waals surface area contributed by atoms with Crippen molar-refractivity contribution in [3.63, 3.8) is 0 Å². The number of rotatable bonds is 3. The van der Waals surface area contributed by atoms with E-state index in [0.29, 0.717) is 24.5 Å². The van der Waals surface area contributed by atoms with Gasteiger partial charge in [-0.05, 0) is 31.2 Å². The van der Waals surface area contributed by atoms with E-state index < -0.39 is 16.1 Å². The van der Waals surface area contributed by atoms with E-state index in [0.717, 1.165) is 30.4 Å². The van der Waals surface area contributed by atoms with Crippen molar-refractivity contribution < 1.29 is 13.2 Å². The predicted molar refractivity (Wildman–Crippen MR) is 98.2 cm³/mol. The zero-order chi connectivity index (χ0) is 17.6. The Morgan fingerprint density at radius 1 is 1.32 bits per heavy atom. The molecule has 4 rings (SSSR count). The molecule has 1 aromatic heterocycles. The number of sulfonamides is 1. The smallest absolute Gasteiger partial charge is 0.244 e. The number of anilines is 1. The van der Waals surface area contributed by atoms with Crippen molar-refractivity contribution in [1.29, 1.82) is 0 Å². The van der Waals surface area contributed by atoms with Crippen molar-refractivity contribution in [2.75, 3.05) is 18.1 Å². The van der Waals surface area contributed by atoms with Gasteiger partial charge in [0.05, 0.1) is 11.9 Å². The monoisotopic (exact) mass is 377 g/mol. The van der Waals surface area contributed by atoms with E-state index in [2.05, 4.69) is 22.4 Å². The molecule has 132 valence electrons. The van der Waals surface area contributed by atoms with Crippen molar-refractivity contribution in [1.82, 2.24) is 9.29 Å². The Hall–Kier alpha value is -1.77. The predicted octanol–water partition coefficient (Wildman–Crippen LogP) is 2.27. The molecule has 0 spiro atoms. The van der Waals surface area contributed by atoms with Gasteiger partial charge in [0.15, 0.2) is 5.13 Å². The molecule has 1 fully saturated rings. The first-order valence-corrected chi connectivity index (χ1v) is 11.0. The van der Waals surface area contributed by atoms with Crippen LogP contribution in [0.2, 0.25) is 0 Å². The molecule has 1 saturated heterocycles. The second-order valence-corrected chi connectivity index (χ2v) is 9.49. The van der Waals surface area contributed by atoms with Crippen molar-refractivity contribution in [3.05, 3.63) is 34.7 Å². The van der Waals surface area contributed by atoms with Gasteiger partial charge >= 0.3 is 0 Å². The maximum atomic E-state index is 12.6. The van der Waals surface area contributed by atoms with Crippen molar-refractivity contribution in [2.45, 2.75) is 31.7 Å². The fourth-order valence-corrected chi connectivity index (χ4v) is 5.69. The zero-order valence-electron chi connectivity index (χ0n) is 13.9. The normalized spacial score (nSPS) is 20.1. The SMILES string of the molecule is CS(=O)(=O)N1CCCC1C(=O)Nc1nc2c(s1)CCc1ccccc1-2. The van der Waals surface area contributed by atoms with E-state index in [1.54, 1.807) is 0 Å². The molecule has 1 aliphatic carbocycles. The summed E-state index contributed by atoms with van der Waals surface area (Å²) in [5, 5.41) is 3.38. The third-order valence-corrected chi connectivity index (χ3v) is 7.07. The van der Waals surface area contributed by atoms with Crippen LogP contribution in [0.1, 0.15) is 23.3 Å². The molecular weight excluding hydrogens is 358 g/mol. The van der Waals surface area contributed by atoms with Gasteiger partial charge in [-0.3, -0.25) is 4.79 Å². The van der Waals surface area contributed by atoms with E-state index in [1.807, 2.05) is 12.1 Å². The standard InChI is InChI=1S/C17H19N3O3S2/c1-25(22,23)20-10-4-7-13(20)16(21)19-17-18-15-12-6-3-2-5-11(12)8-9-14(15)24-17/h2-3,5-6,13H,4,7-10H2,1H3,(H,18,19,21). The molecule has 6 nitrogen and oxygen atoms in total. The largest absolute Gasteiger partial charge is 0.301 e. The molecular formula is C17H19N3O3S2. The van der Waals surface area contributed by atoms with Crippen LogP contribution in [0.3, 0.4) is 0 Å². The zero-order valence-corrected chi connectivity index (χ0v) is 15.5. The third-order valence-electron chi connectivity index (χ3n) is 4.75. The summed E-state index contributed by atoms with van der Waals surface area (Å²) >= 11 is 1.48. The highest BCUT2D eigenvalue weighted by atomic mass is 32.2. The molecule has 1 aromatic carbocycles. The number of thiazole rings is 1. The number of hydrogen-bond donors (Lipinski definition) is 1. The van der Waals surface area contributed by atoms with Gasteiger partial charge in [-0.1, -0.05) is 24.3 Å². The number of fused-ring (bicyclic) bond motifs is 3. The number of amides is 1. The van der Waals surface area contributed by atoms with Gasteiger partial charge in [-0.15, -0.1) is 11.3 Å². The fraction of sp³-hybridized carbons (Fsp3) is 0.412. The highest BCUT2D eigenvalue weighted by molar-refractivity contribution is 7.88. The van der Waals surface area contributed by atoms with E-state index >= 15 is 0 Å². The Morgan fingerprint density at radius 3 is 2.92 bits per heavy atom. The molecule has 0 bridgehead atoms. The summed E-state index contributed by atoms with van der Waals surface area (Å²) in [6.45, 7) is 0.401. The van der Waals surface area contributed by atoms with Crippen molar-refractivity contribution in [3.8, 4) is 11.3 Å². The number of carbonyl (C=O) groups is 1. The molecule has 2 heterocycles. The van der Waals surface area contributed by atoms with Gasteiger partial charge in [0.1, 0.15) is 6.04 Å². The third kappa shape index (κ3) is 3.09. The highest BCUT2D eigenvalue weighted by Crippen LogP contribution is 2.38. The topological polar surface area (TPSA) is 79.4 Å². The lowest BCUT2D eigenvalue weighted by atomic mass is 9.94. The molecule has 1 unspecified atom stereocenters. The van der Waals surface area contributed by atoms with E-state index in [-0.39, 0.29) is 5.91 Å². The van der Waals surface area contributed by atoms with E-state index in [9.17, 15) is 13.2 Å². The Balaban J connectivity index is 1.57. The summed E-state index contributed by atoms with van der Waals surface area (Å²) in [5.41, 5.74) is 3.34. The number of carbonyl (C=O) groups excluding carboxylic acids is 1. The van der Waals surface area contributed by atoms with E-state index in [1.165, 1.54) is 26.1 Å². The summed E-state index contributed by atoms with van der Waals surface area (Å²) in [7, 11) is -3.38. The van der Waals surface area contributed by atoms with E-state index in [4.69, 9.17) is 0 Å². The Labute approximate surface area is 150 Å². The lowest BCUT2D eigenvalue weighted by Crippen LogP contribution is -2.42. The molecule has 2 aliphatic rings. The number of benzene rings is 1. The van der Waals surface area contributed by atoms with Crippen LogP contribution in [0.4, 0.5) is 5.13 Å². The van der Waals surface area contributed by atoms with Gasteiger partial charge in [0.2, 0.25) is 15.9 Å². The van der Waals surface area contributed by atoms with Crippen LogP contribution in [-0.4, -0.2) is 42.5 Å². The number of hydrogen-bond acceptors (Lipinski definition) is 5. The number of nitrogens with zero attached hydrogens (tertiary/aromatic N) is 2. The molecule has 1 aliphatic heterocycles. The van der Waals surface area contributed by atoms with Gasteiger partial charge in [-0.25, -0.2) is 13.4 Å². The molecule has 0 saturated carbocycles.